The molecule has 0 radical (unpaired) electrons. The number of alkyl halides is 3. The summed E-state index contributed by atoms with van der Waals surface area (Å²) in [7, 11) is -5.79. The first-order valence-corrected chi connectivity index (χ1v) is 10.2. The third-order valence-electron chi connectivity index (χ3n) is 4.81. The summed E-state index contributed by atoms with van der Waals surface area (Å²) in [5.74, 6) is -0.621. The minimum atomic E-state index is -5.79. The van der Waals surface area contributed by atoms with Gasteiger partial charge < -0.3 is 13.8 Å². The Morgan fingerprint density at radius 3 is 2.50 bits per heavy atom. The lowest BCUT2D eigenvalue weighted by Gasteiger charge is -2.34. The second kappa shape index (κ2) is 6.53. The SMILES string of the molecule is CC(C)(C)OC(=O)N1CC[C@]2(CCCn3nc(OS(=O)(=O)C(F)(F)F)cc32)C1. The first kappa shape index (κ1) is 20.7. The van der Waals surface area contributed by atoms with Crippen LogP contribution in [0.1, 0.15) is 45.7 Å². The van der Waals surface area contributed by atoms with E-state index in [-0.39, 0.29) is 0 Å². The van der Waals surface area contributed by atoms with E-state index in [9.17, 15) is 26.4 Å². The number of amides is 1. The van der Waals surface area contributed by atoms with Crippen molar-refractivity contribution in [2.24, 2.45) is 0 Å². The molecule has 0 saturated carbocycles. The molecule has 0 unspecified atom stereocenters. The maximum atomic E-state index is 12.6. The number of aromatic nitrogens is 2. The van der Waals surface area contributed by atoms with Crippen LogP contribution in [-0.2, 0) is 26.8 Å². The molecular weight excluding hydrogens is 403 g/mol. The van der Waals surface area contributed by atoms with Crippen molar-refractivity contribution in [1.82, 2.24) is 14.7 Å². The van der Waals surface area contributed by atoms with E-state index in [0.29, 0.717) is 44.6 Å². The summed E-state index contributed by atoms with van der Waals surface area (Å²) in [4.78, 5) is 13.9. The van der Waals surface area contributed by atoms with Crippen LogP contribution >= 0.6 is 0 Å². The van der Waals surface area contributed by atoms with Crippen molar-refractivity contribution in [2.45, 2.75) is 63.1 Å². The number of fused-ring (bicyclic) bond motifs is 2. The minimum Gasteiger partial charge on any atom is -0.444 e. The van der Waals surface area contributed by atoms with Gasteiger partial charge in [-0.15, -0.1) is 5.10 Å². The van der Waals surface area contributed by atoms with Crippen LogP contribution in [0, 0.1) is 0 Å². The monoisotopic (exact) mass is 425 g/mol. The van der Waals surface area contributed by atoms with Crippen molar-refractivity contribution < 1.29 is 35.3 Å². The molecule has 1 aromatic rings. The molecule has 12 heteroatoms. The maximum Gasteiger partial charge on any atom is 0.534 e. The van der Waals surface area contributed by atoms with Gasteiger partial charge in [0.15, 0.2) is 0 Å². The lowest BCUT2D eigenvalue weighted by atomic mass is 9.77. The van der Waals surface area contributed by atoms with E-state index in [1.54, 1.807) is 25.7 Å². The van der Waals surface area contributed by atoms with E-state index >= 15 is 0 Å². The van der Waals surface area contributed by atoms with Crippen LogP contribution in [0.2, 0.25) is 0 Å². The van der Waals surface area contributed by atoms with Crippen LogP contribution in [0.15, 0.2) is 6.07 Å². The Labute approximate surface area is 160 Å². The third-order valence-corrected chi connectivity index (χ3v) is 5.77. The van der Waals surface area contributed by atoms with Crippen LogP contribution in [0.4, 0.5) is 18.0 Å². The van der Waals surface area contributed by atoms with Crippen LogP contribution in [0.25, 0.3) is 0 Å². The fourth-order valence-electron chi connectivity index (χ4n) is 3.65. The quantitative estimate of drug-likeness (QED) is 0.535. The molecule has 0 bridgehead atoms. The van der Waals surface area contributed by atoms with E-state index in [1.165, 1.54) is 10.7 Å². The number of halogens is 3. The molecule has 8 nitrogen and oxygen atoms in total. The van der Waals surface area contributed by atoms with Gasteiger partial charge in [-0.1, -0.05) is 0 Å². The molecular formula is C16H22F3N3O5S. The second-order valence-corrected chi connectivity index (χ2v) is 9.65. The molecule has 3 rings (SSSR count). The highest BCUT2D eigenvalue weighted by Crippen LogP contribution is 2.43. The Hall–Kier alpha value is -1.98. The smallest absolute Gasteiger partial charge is 0.444 e. The van der Waals surface area contributed by atoms with Crippen molar-refractivity contribution >= 4 is 16.2 Å². The number of likely N-dealkylation sites (tertiary alicyclic amines) is 1. The summed E-state index contributed by atoms with van der Waals surface area (Å²) < 4.78 is 71.2. The Morgan fingerprint density at radius 2 is 1.89 bits per heavy atom. The van der Waals surface area contributed by atoms with Crippen LogP contribution in [0.5, 0.6) is 5.88 Å². The standard InChI is InChI=1S/C16H22F3N3O5S/c1-14(2,3)26-13(23)21-8-6-15(10-21)5-4-7-22-11(15)9-12(20-22)27-28(24,25)16(17,18)19/h9H,4-8,10H2,1-3H3/t15-/m1/s1. The zero-order valence-corrected chi connectivity index (χ0v) is 16.6. The molecule has 0 aromatic carbocycles. The highest BCUT2D eigenvalue weighted by atomic mass is 32.2. The van der Waals surface area contributed by atoms with E-state index in [4.69, 9.17) is 4.74 Å². The van der Waals surface area contributed by atoms with Gasteiger partial charge in [0.2, 0.25) is 0 Å². The van der Waals surface area contributed by atoms with Gasteiger partial charge in [-0.05, 0) is 40.0 Å². The minimum absolute atomic E-state index is 0.319. The van der Waals surface area contributed by atoms with E-state index in [0.717, 1.165) is 0 Å². The summed E-state index contributed by atoms with van der Waals surface area (Å²) >= 11 is 0. The summed E-state index contributed by atoms with van der Waals surface area (Å²) in [6.45, 7) is 6.46. The first-order valence-electron chi connectivity index (χ1n) is 8.80. The molecule has 1 aromatic heterocycles. The number of nitrogens with zero attached hydrogens (tertiary/aromatic N) is 3. The molecule has 3 heterocycles. The van der Waals surface area contributed by atoms with Gasteiger partial charge in [0, 0.05) is 31.1 Å². The number of hydrogen-bond donors (Lipinski definition) is 0. The zero-order chi connectivity index (χ0) is 21.0. The summed E-state index contributed by atoms with van der Waals surface area (Å²) in [6, 6.07) is 1.22. The molecule has 28 heavy (non-hydrogen) atoms. The van der Waals surface area contributed by atoms with E-state index in [1.807, 2.05) is 0 Å². The number of rotatable bonds is 2. The molecule has 158 valence electrons. The summed E-state index contributed by atoms with van der Waals surface area (Å²) in [5, 5.41) is 3.88. The molecule has 2 aliphatic rings. The second-order valence-electron chi connectivity index (χ2n) is 8.11. The Kier molecular flexibility index (Phi) is 4.84. The van der Waals surface area contributed by atoms with Crippen molar-refractivity contribution in [3.8, 4) is 5.88 Å². The van der Waals surface area contributed by atoms with Crippen LogP contribution < -0.4 is 4.18 Å². The molecule has 1 fully saturated rings. The van der Waals surface area contributed by atoms with Gasteiger partial charge in [0.05, 0.1) is 5.69 Å². The van der Waals surface area contributed by atoms with Crippen molar-refractivity contribution in [1.29, 1.82) is 0 Å². The van der Waals surface area contributed by atoms with E-state index < -0.39 is 38.6 Å². The van der Waals surface area contributed by atoms with Gasteiger partial charge in [-0.25, -0.2) is 4.79 Å². The lowest BCUT2D eigenvalue weighted by Crippen LogP contribution is -2.40. The molecule has 1 spiro atoms. The van der Waals surface area contributed by atoms with Gasteiger partial charge >= 0.3 is 21.7 Å². The number of hydrogen-bond acceptors (Lipinski definition) is 6. The number of carbonyl (C=O) groups excluding carboxylic acids is 1. The van der Waals surface area contributed by atoms with Crippen molar-refractivity contribution in [2.75, 3.05) is 13.1 Å². The maximum absolute atomic E-state index is 12.6. The van der Waals surface area contributed by atoms with Crippen LogP contribution in [-0.4, -0.2) is 53.4 Å². The Balaban J connectivity index is 1.83. The largest absolute Gasteiger partial charge is 0.534 e. The van der Waals surface area contributed by atoms with Gasteiger partial charge in [0.25, 0.3) is 5.88 Å². The number of ether oxygens (including phenoxy) is 1. The number of carbonyl (C=O) groups is 1. The Morgan fingerprint density at radius 1 is 1.21 bits per heavy atom. The predicted molar refractivity (Wildman–Crippen MR) is 91.2 cm³/mol. The lowest BCUT2D eigenvalue weighted by molar-refractivity contribution is -0.0501. The Bertz CT molecular complexity index is 875. The average molecular weight is 425 g/mol. The molecule has 2 aliphatic heterocycles. The van der Waals surface area contributed by atoms with Crippen molar-refractivity contribution in [3.63, 3.8) is 0 Å². The third kappa shape index (κ3) is 3.91. The number of aryl methyl sites for hydroxylation is 1. The highest BCUT2D eigenvalue weighted by Gasteiger charge is 2.50. The molecule has 1 atom stereocenters. The van der Waals surface area contributed by atoms with Gasteiger partial charge in [0.1, 0.15) is 5.60 Å². The molecule has 1 saturated heterocycles. The van der Waals surface area contributed by atoms with Crippen molar-refractivity contribution in [3.05, 3.63) is 11.8 Å². The van der Waals surface area contributed by atoms with E-state index in [2.05, 4.69) is 9.28 Å². The van der Waals surface area contributed by atoms with Gasteiger partial charge in [-0.2, -0.15) is 21.6 Å². The molecule has 0 aliphatic carbocycles. The molecule has 0 N–H and O–H groups in total. The van der Waals surface area contributed by atoms with Gasteiger partial charge in [-0.3, -0.25) is 4.68 Å². The normalized spacial score (nSPS) is 23.0. The first-order chi connectivity index (χ1) is 12.7. The summed E-state index contributed by atoms with van der Waals surface area (Å²) in [5.41, 5.74) is -6.13. The fraction of sp³-hybridized carbons (Fsp3) is 0.750. The molecule has 1 amide bonds. The van der Waals surface area contributed by atoms with Crippen LogP contribution in [0.3, 0.4) is 0 Å². The topological polar surface area (TPSA) is 90.7 Å². The fourth-order valence-corrected chi connectivity index (χ4v) is 4.05. The zero-order valence-electron chi connectivity index (χ0n) is 15.7. The average Bonchev–Trinajstić information content (AvgIpc) is 3.10. The summed E-state index contributed by atoms with van der Waals surface area (Å²) in [6.07, 6.45) is 1.51. The predicted octanol–water partition coefficient (Wildman–Crippen LogP) is 2.78. The highest BCUT2D eigenvalue weighted by molar-refractivity contribution is 7.87.